The Hall–Kier alpha value is -2.91. The molecule has 5 rings (SSSR count). The summed E-state index contributed by atoms with van der Waals surface area (Å²) in [5.74, 6) is -1.36. The van der Waals surface area contributed by atoms with E-state index in [1.54, 1.807) is 0 Å². The van der Waals surface area contributed by atoms with Gasteiger partial charge in [-0.1, -0.05) is 69.3 Å². The third-order valence-electron chi connectivity index (χ3n) is 11.2. The number of alkyl halides is 3. The fourth-order valence-corrected chi connectivity index (χ4v) is 8.15. The van der Waals surface area contributed by atoms with Crippen molar-refractivity contribution in [3.05, 3.63) is 71.3 Å². The smallest absolute Gasteiger partial charge is 0.418 e. The largest absolute Gasteiger partial charge is 0.432 e. The number of rotatable bonds is 8. The summed E-state index contributed by atoms with van der Waals surface area (Å²) in [5.41, 5.74) is -0.778. The maximum absolute atomic E-state index is 14.4. The lowest BCUT2D eigenvalue weighted by atomic mass is 9.46. The van der Waals surface area contributed by atoms with Crippen LogP contribution in [0.2, 0.25) is 0 Å². The molecule has 7 atom stereocenters. The zero-order chi connectivity index (χ0) is 31.9. The van der Waals surface area contributed by atoms with Gasteiger partial charge in [-0.25, -0.2) is 9.59 Å². The van der Waals surface area contributed by atoms with E-state index in [2.05, 4.69) is 33.4 Å². The normalized spacial score (nSPS) is 33.9. The van der Waals surface area contributed by atoms with Crippen LogP contribution in [0, 0.1) is 22.7 Å². The molecule has 2 fully saturated rings. The molecular weight excluding hydrogens is 573 g/mol. The van der Waals surface area contributed by atoms with E-state index in [9.17, 15) is 22.8 Å². The van der Waals surface area contributed by atoms with Gasteiger partial charge in [0.25, 0.3) is 11.9 Å². The molecule has 1 aromatic carbocycles. The number of ether oxygens (including phenoxy) is 4. The molecule has 44 heavy (non-hydrogen) atoms. The van der Waals surface area contributed by atoms with Gasteiger partial charge in [-0.3, -0.25) is 0 Å². The summed E-state index contributed by atoms with van der Waals surface area (Å²) < 4.78 is 64.4. The first kappa shape index (κ1) is 32.5. The summed E-state index contributed by atoms with van der Waals surface area (Å²) in [5, 5.41) is 0. The number of carbonyl (C=O) groups excluding carboxylic acids is 2. The standard InChI is InChI=1S/C35H43F3O6/c1-22-10-9-13-28-32(22,3)18-16-23(2)33(28,4)19-17-24-14-15-27(42-21-24)26-20-29(39)43-30(26)44-31(40)34(41-5,35(36,37)38)25-11-7-6-8-12-25/h6-8,11-12,14,20,23,27-28,30H,1,9-10,13,15-19,21H2,2-5H3/t23-,27+,28-,30-,32-,33-,34-/m0/s1. The second kappa shape index (κ2) is 12.1. The number of allylic oxidation sites excluding steroid dienone is 1. The number of hydrogen-bond acceptors (Lipinski definition) is 6. The minimum Gasteiger partial charge on any atom is -0.418 e. The predicted octanol–water partition coefficient (Wildman–Crippen LogP) is 7.74. The van der Waals surface area contributed by atoms with E-state index in [0.29, 0.717) is 24.9 Å². The summed E-state index contributed by atoms with van der Waals surface area (Å²) in [6.45, 7) is 12.0. The Balaban J connectivity index is 1.27. The molecule has 2 heterocycles. The minimum atomic E-state index is -5.15. The molecule has 6 nitrogen and oxygen atoms in total. The maximum Gasteiger partial charge on any atom is 0.432 e. The third-order valence-corrected chi connectivity index (χ3v) is 11.2. The lowest BCUT2D eigenvalue weighted by Gasteiger charge is -2.59. The molecule has 1 aromatic rings. The second-order valence-electron chi connectivity index (χ2n) is 13.4. The van der Waals surface area contributed by atoms with E-state index in [1.165, 1.54) is 49.5 Å². The van der Waals surface area contributed by atoms with Gasteiger partial charge in [-0.2, -0.15) is 13.2 Å². The molecule has 0 spiro atoms. The second-order valence-corrected chi connectivity index (χ2v) is 13.4. The highest BCUT2D eigenvalue weighted by atomic mass is 19.4. The van der Waals surface area contributed by atoms with Gasteiger partial charge in [-0.15, -0.1) is 0 Å². The molecule has 2 aliphatic heterocycles. The van der Waals surface area contributed by atoms with Crippen LogP contribution in [0.1, 0.15) is 77.7 Å². The Morgan fingerprint density at radius 3 is 2.52 bits per heavy atom. The Bertz CT molecular complexity index is 1340. The number of cyclic esters (lactones) is 1. The number of benzene rings is 1. The molecule has 2 saturated carbocycles. The zero-order valence-corrected chi connectivity index (χ0v) is 26.0. The average molecular weight is 617 g/mol. The highest BCUT2D eigenvalue weighted by Gasteiger charge is 2.65. The Morgan fingerprint density at radius 2 is 1.89 bits per heavy atom. The molecule has 0 saturated heterocycles. The van der Waals surface area contributed by atoms with Crippen LogP contribution in [-0.2, 0) is 34.1 Å². The molecule has 0 bridgehead atoms. The Kier molecular flexibility index (Phi) is 8.95. The third kappa shape index (κ3) is 5.55. The van der Waals surface area contributed by atoms with Crippen LogP contribution in [-0.4, -0.2) is 44.2 Å². The van der Waals surface area contributed by atoms with Gasteiger partial charge in [0.05, 0.1) is 12.7 Å². The number of carbonyl (C=O) groups is 2. The van der Waals surface area contributed by atoms with Gasteiger partial charge in [0.1, 0.15) is 0 Å². The van der Waals surface area contributed by atoms with Gasteiger partial charge < -0.3 is 18.9 Å². The summed E-state index contributed by atoms with van der Waals surface area (Å²) in [7, 11) is 0.787. The molecule has 2 aliphatic carbocycles. The van der Waals surface area contributed by atoms with Crippen LogP contribution in [0.5, 0.6) is 0 Å². The van der Waals surface area contributed by atoms with Gasteiger partial charge in [-0.05, 0) is 79.6 Å². The van der Waals surface area contributed by atoms with Crippen molar-refractivity contribution in [1.82, 2.24) is 0 Å². The van der Waals surface area contributed by atoms with E-state index >= 15 is 0 Å². The van der Waals surface area contributed by atoms with E-state index < -0.39 is 41.7 Å². The number of hydrogen-bond donors (Lipinski definition) is 0. The minimum absolute atomic E-state index is 0.170. The number of halogens is 3. The number of methoxy groups -OCH3 is 1. The van der Waals surface area contributed by atoms with Gasteiger partial charge in [0.15, 0.2) is 0 Å². The highest BCUT2D eigenvalue weighted by Crippen LogP contribution is 2.63. The van der Waals surface area contributed by atoms with Crippen molar-refractivity contribution >= 4 is 11.9 Å². The number of fused-ring (bicyclic) bond motifs is 1. The van der Waals surface area contributed by atoms with Crippen LogP contribution >= 0.6 is 0 Å². The molecule has 0 N–H and O–H groups in total. The topological polar surface area (TPSA) is 71.1 Å². The predicted molar refractivity (Wildman–Crippen MR) is 158 cm³/mol. The SMILES string of the molecule is C=C1CCC[C@@H]2[C@@](C)(CCC3=CC[C@H](C4=CC(=O)O[C@H]4OC(=O)[C@@](OC)(c4ccccc4)C(F)(F)F)OC3)[C@@H](C)CC[C@@]12C. The molecule has 0 aromatic heterocycles. The molecule has 240 valence electrons. The average Bonchev–Trinajstić information content (AvgIpc) is 3.35. The summed E-state index contributed by atoms with van der Waals surface area (Å²) in [6, 6.07) is 6.51. The molecule has 0 radical (unpaired) electrons. The first-order valence-corrected chi connectivity index (χ1v) is 15.5. The Labute approximate surface area is 257 Å². The van der Waals surface area contributed by atoms with Crippen molar-refractivity contribution in [3.63, 3.8) is 0 Å². The van der Waals surface area contributed by atoms with Crippen LogP contribution in [0.4, 0.5) is 13.2 Å². The highest BCUT2D eigenvalue weighted by molar-refractivity contribution is 5.87. The first-order valence-electron chi connectivity index (χ1n) is 15.5. The number of esters is 2. The quantitative estimate of drug-likeness (QED) is 0.220. The van der Waals surface area contributed by atoms with Gasteiger partial charge in [0, 0.05) is 24.3 Å². The fourth-order valence-electron chi connectivity index (χ4n) is 8.15. The van der Waals surface area contributed by atoms with Crippen LogP contribution in [0.3, 0.4) is 0 Å². The van der Waals surface area contributed by atoms with Crippen molar-refractivity contribution in [1.29, 1.82) is 0 Å². The van der Waals surface area contributed by atoms with Crippen molar-refractivity contribution in [2.45, 2.75) is 96.3 Å². The molecule has 0 amide bonds. The fraction of sp³-hybridized carbons (Fsp3) is 0.600. The maximum atomic E-state index is 14.4. The molecule has 4 aliphatic rings. The van der Waals surface area contributed by atoms with E-state index in [-0.39, 0.29) is 16.4 Å². The van der Waals surface area contributed by atoms with Crippen molar-refractivity contribution < 1.29 is 41.7 Å². The molecule has 0 unspecified atom stereocenters. The monoisotopic (exact) mass is 616 g/mol. The van der Waals surface area contributed by atoms with Crippen molar-refractivity contribution in [2.24, 2.45) is 22.7 Å². The van der Waals surface area contributed by atoms with Gasteiger partial charge in [0.2, 0.25) is 0 Å². The lowest BCUT2D eigenvalue weighted by molar-refractivity contribution is -0.281. The van der Waals surface area contributed by atoms with Crippen molar-refractivity contribution in [3.8, 4) is 0 Å². The summed E-state index contributed by atoms with van der Waals surface area (Å²) >= 11 is 0. The van der Waals surface area contributed by atoms with Crippen LogP contribution < -0.4 is 0 Å². The summed E-state index contributed by atoms with van der Waals surface area (Å²) in [4.78, 5) is 25.4. The Morgan fingerprint density at radius 1 is 1.16 bits per heavy atom. The molecular formula is C35H43F3O6. The van der Waals surface area contributed by atoms with E-state index in [4.69, 9.17) is 18.9 Å². The summed E-state index contributed by atoms with van der Waals surface area (Å²) in [6.07, 6.45) is 3.91. The van der Waals surface area contributed by atoms with Crippen molar-refractivity contribution in [2.75, 3.05) is 13.7 Å². The lowest BCUT2D eigenvalue weighted by Crippen LogP contribution is -2.52. The zero-order valence-electron chi connectivity index (χ0n) is 26.0. The van der Waals surface area contributed by atoms with Crippen LogP contribution in [0.25, 0.3) is 0 Å². The van der Waals surface area contributed by atoms with Crippen LogP contribution in [0.15, 0.2) is 65.8 Å². The van der Waals surface area contributed by atoms with E-state index in [1.807, 2.05) is 0 Å². The van der Waals surface area contributed by atoms with Gasteiger partial charge >= 0.3 is 18.1 Å². The first-order chi connectivity index (χ1) is 20.8. The molecule has 9 heteroatoms. The van der Waals surface area contributed by atoms with E-state index in [0.717, 1.165) is 50.2 Å².